The second-order valence-corrected chi connectivity index (χ2v) is 7.65. The molecule has 1 unspecified atom stereocenters. The normalized spacial score (nSPS) is 12.3. The summed E-state index contributed by atoms with van der Waals surface area (Å²) in [5.74, 6) is -0.108. The summed E-state index contributed by atoms with van der Waals surface area (Å²) in [6, 6.07) is 7.49. The third-order valence-corrected chi connectivity index (χ3v) is 5.11. The van der Waals surface area contributed by atoms with Gasteiger partial charge in [-0.25, -0.2) is 4.79 Å². The molecule has 4 nitrogen and oxygen atoms in total. The first kappa shape index (κ1) is 25.2. The standard InChI is InChI=1S/C25H40O4/c1-3-4-5-6-7-8-9-10-11-12-13-14-15-16-24(25(26)27)29-21-22-17-19-23(28-2)20-18-22/h12-13,17-20,24H,3-11,14-16,21H2,1-2H3,(H,26,27)/b13-12-. The Labute approximate surface area is 177 Å². The van der Waals surface area contributed by atoms with Crippen molar-refractivity contribution in [3.63, 3.8) is 0 Å². The zero-order chi connectivity index (χ0) is 21.2. The number of unbranched alkanes of at least 4 members (excludes halogenated alkanes) is 9. The van der Waals surface area contributed by atoms with Crippen molar-refractivity contribution < 1.29 is 19.4 Å². The maximum Gasteiger partial charge on any atom is 0.332 e. The van der Waals surface area contributed by atoms with E-state index in [0.29, 0.717) is 13.0 Å². The summed E-state index contributed by atoms with van der Waals surface area (Å²) in [6.07, 6.45) is 17.8. The van der Waals surface area contributed by atoms with E-state index in [1.54, 1.807) is 7.11 Å². The van der Waals surface area contributed by atoms with Crippen LogP contribution in [0.2, 0.25) is 0 Å². The van der Waals surface area contributed by atoms with Crippen molar-refractivity contribution in [1.29, 1.82) is 0 Å². The lowest BCUT2D eigenvalue weighted by Gasteiger charge is -2.13. The quantitative estimate of drug-likeness (QED) is 0.213. The van der Waals surface area contributed by atoms with Crippen LogP contribution in [-0.2, 0) is 16.1 Å². The average molecular weight is 405 g/mol. The van der Waals surface area contributed by atoms with Gasteiger partial charge in [0.1, 0.15) is 5.75 Å². The van der Waals surface area contributed by atoms with Gasteiger partial charge in [-0.3, -0.25) is 0 Å². The fourth-order valence-electron chi connectivity index (χ4n) is 3.25. The smallest absolute Gasteiger partial charge is 0.332 e. The van der Waals surface area contributed by atoms with Crippen molar-refractivity contribution in [3.05, 3.63) is 42.0 Å². The molecule has 0 heterocycles. The average Bonchev–Trinajstić information content (AvgIpc) is 2.73. The molecule has 0 radical (unpaired) electrons. The van der Waals surface area contributed by atoms with Gasteiger partial charge in [0.25, 0.3) is 0 Å². The highest BCUT2D eigenvalue weighted by Crippen LogP contribution is 2.15. The van der Waals surface area contributed by atoms with Crippen LogP contribution < -0.4 is 4.74 Å². The zero-order valence-corrected chi connectivity index (χ0v) is 18.4. The number of rotatable bonds is 18. The molecule has 1 rings (SSSR count). The molecule has 0 aliphatic rings. The molecule has 164 valence electrons. The molecule has 1 N–H and O–H groups in total. The van der Waals surface area contributed by atoms with E-state index >= 15 is 0 Å². The SMILES string of the molecule is CCCCCCCCCC/C=C\CCCC(OCc1ccc(OC)cc1)C(=O)O. The molecule has 0 fully saturated rings. The van der Waals surface area contributed by atoms with Crippen molar-refractivity contribution in [2.75, 3.05) is 7.11 Å². The van der Waals surface area contributed by atoms with E-state index in [4.69, 9.17) is 9.47 Å². The molecule has 0 amide bonds. The molecule has 1 aromatic rings. The van der Waals surface area contributed by atoms with Gasteiger partial charge in [0.15, 0.2) is 6.10 Å². The molecule has 0 spiro atoms. The summed E-state index contributed by atoms with van der Waals surface area (Å²) in [5.41, 5.74) is 0.947. The maximum atomic E-state index is 11.4. The Morgan fingerprint density at radius 2 is 1.52 bits per heavy atom. The van der Waals surface area contributed by atoms with Crippen LogP contribution in [-0.4, -0.2) is 24.3 Å². The largest absolute Gasteiger partial charge is 0.497 e. The summed E-state index contributed by atoms with van der Waals surface area (Å²) in [4.78, 5) is 11.4. The number of hydrogen-bond acceptors (Lipinski definition) is 3. The third kappa shape index (κ3) is 13.1. The Morgan fingerprint density at radius 1 is 0.931 bits per heavy atom. The molecule has 4 heteroatoms. The van der Waals surface area contributed by atoms with Gasteiger partial charge in [0.05, 0.1) is 13.7 Å². The van der Waals surface area contributed by atoms with E-state index in [0.717, 1.165) is 30.6 Å². The predicted octanol–water partition coefficient (Wildman–Crippen LogP) is 6.92. The Balaban J connectivity index is 2.08. The first-order chi connectivity index (χ1) is 14.2. The minimum absolute atomic E-state index is 0.301. The van der Waals surface area contributed by atoms with Crippen LogP contribution in [0.1, 0.15) is 89.5 Å². The topological polar surface area (TPSA) is 55.8 Å². The molecular weight excluding hydrogens is 364 g/mol. The van der Waals surface area contributed by atoms with Crippen molar-refractivity contribution >= 4 is 5.97 Å². The highest BCUT2D eigenvalue weighted by atomic mass is 16.5. The molecule has 0 aliphatic heterocycles. The van der Waals surface area contributed by atoms with Crippen molar-refractivity contribution in [3.8, 4) is 5.75 Å². The number of hydrogen-bond donors (Lipinski definition) is 1. The summed E-state index contributed by atoms with van der Waals surface area (Å²) >= 11 is 0. The molecule has 0 bridgehead atoms. The van der Waals surface area contributed by atoms with Gasteiger partial charge in [-0.15, -0.1) is 0 Å². The molecule has 0 saturated heterocycles. The van der Waals surface area contributed by atoms with Gasteiger partial charge >= 0.3 is 5.97 Å². The summed E-state index contributed by atoms with van der Waals surface area (Å²) < 4.78 is 10.7. The molecule has 29 heavy (non-hydrogen) atoms. The summed E-state index contributed by atoms with van der Waals surface area (Å²) in [5, 5.41) is 9.36. The molecular formula is C25H40O4. The monoisotopic (exact) mass is 404 g/mol. The van der Waals surface area contributed by atoms with Crippen molar-refractivity contribution in [2.24, 2.45) is 0 Å². The Bertz CT molecular complexity index is 550. The van der Waals surface area contributed by atoms with Gasteiger partial charge in [-0.2, -0.15) is 0 Å². The number of carbonyl (C=O) groups is 1. The summed E-state index contributed by atoms with van der Waals surface area (Å²) in [7, 11) is 1.62. The second-order valence-electron chi connectivity index (χ2n) is 7.65. The van der Waals surface area contributed by atoms with E-state index in [2.05, 4.69) is 19.1 Å². The molecule has 0 aromatic heterocycles. The van der Waals surface area contributed by atoms with E-state index in [1.807, 2.05) is 24.3 Å². The van der Waals surface area contributed by atoms with Crippen LogP contribution in [0.3, 0.4) is 0 Å². The first-order valence-corrected chi connectivity index (χ1v) is 11.3. The van der Waals surface area contributed by atoms with Crippen LogP contribution in [0, 0.1) is 0 Å². The number of carboxylic acids is 1. The fraction of sp³-hybridized carbons (Fsp3) is 0.640. The highest BCUT2D eigenvalue weighted by molar-refractivity contribution is 5.72. The highest BCUT2D eigenvalue weighted by Gasteiger charge is 2.17. The van der Waals surface area contributed by atoms with Gasteiger partial charge in [0, 0.05) is 0 Å². The van der Waals surface area contributed by atoms with Crippen molar-refractivity contribution in [1.82, 2.24) is 0 Å². The van der Waals surface area contributed by atoms with Gasteiger partial charge in [0.2, 0.25) is 0 Å². The number of methoxy groups -OCH3 is 1. The number of aliphatic carboxylic acids is 1. The van der Waals surface area contributed by atoms with Gasteiger partial charge < -0.3 is 14.6 Å². The molecule has 1 atom stereocenters. The molecule has 0 saturated carbocycles. The molecule has 0 aliphatic carbocycles. The number of benzene rings is 1. The van der Waals surface area contributed by atoms with Crippen LogP contribution in [0.25, 0.3) is 0 Å². The van der Waals surface area contributed by atoms with E-state index < -0.39 is 12.1 Å². The maximum absolute atomic E-state index is 11.4. The van der Waals surface area contributed by atoms with Gasteiger partial charge in [-0.05, 0) is 49.8 Å². The lowest BCUT2D eigenvalue weighted by Crippen LogP contribution is -2.23. The van der Waals surface area contributed by atoms with Crippen LogP contribution >= 0.6 is 0 Å². The second kappa shape index (κ2) is 17.1. The van der Waals surface area contributed by atoms with E-state index in [1.165, 1.54) is 51.4 Å². The van der Waals surface area contributed by atoms with E-state index in [-0.39, 0.29) is 0 Å². The predicted molar refractivity (Wildman–Crippen MR) is 119 cm³/mol. The van der Waals surface area contributed by atoms with E-state index in [9.17, 15) is 9.90 Å². The minimum Gasteiger partial charge on any atom is -0.497 e. The zero-order valence-electron chi connectivity index (χ0n) is 18.4. The Hall–Kier alpha value is -1.81. The Morgan fingerprint density at radius 3 is 2.10 bits per heavy atom. The summed E-state index contributed by atoms with van der Waals surface area (Å²) in [6.45, 7) is 2.55. The molecule has 1 aromatic carbocycles. The minimum atomic E-state index is -0.888. The lowest BCUT2D eigenvalue weighted by atomic mass is 10.1. The van der Waals surface area contributed by atoms with Gasteiger partial charge in [-0.1, -0.05) is 76.2 Å². The van der Waals surface area contributed by atoms with Crippen LogP contribution in [0.15, 0.2) is 36.4 Å². The first-order valence-electron chi connectivity index (χ1n) is 11.3. The number of allylic oxidation sites excluding steroid dienone is 2. The Kier molecular flexibility index (Phi) is 14.9. The lowest BCUT2D eigenvalue weighted by molar-refractivity contribution is -0.151. The van der Waals surface area contributed by atoms with Crippen LogP contribution in [0.4, 0.5) is 0 Å². The van der Waals surface area contributed by atoms with Crippen molar-refractivity contribution in [2.45, 2.75) is 96.7 Å². The third-order valence-electron chi connectivity index (χ3n) is 5.11. The number of ether oxygens (including phenoxy) is 2. The van der Waals surface area contributed by atoms with Crippen LogP contribution in [0.5, 0.6) is 5.75 Å². The fourth-order valence-corrected chi connectivity index (χ4v) is 3.25. The number of carboxylic acid groups (broad SMARTS) is 1.